The number of fused-ring (bicyclic) bond motifs is 1. The molecule has 1 saturated heterocycles. The Morgan fingerprint density at radius 1 is 1.07 bits per heavy atom. The Labute approximate surface area is 268 Å². The molecular formula is C32H32ClFN6O4S. The number of nitrogens with one attached hydrogen (secondary N) is 2. The highest BCUT2D eigenvalue weighted by Crippen LogP contribution is 2.36. The molecule has 0 bridgehead atoms. The van der Waals surface area contributed by atoms with Gasteiger partial charge in [-0.25, -0.2) is 14.2 Å². The summed E-state index contributed by atoms with van der Waals surface area (Å²) in [7, 11) is 5.24. The summed E-state index contributed by atoms with van der Waals surface area (Å²) >= 11 is 7.70. The molecule has 1 aliphatic heterocycles. The molecule has 4 aromatic rings. The average molecular weight is 651 g/mol. The number of anilines is 3. The maximum absolute atomic E-state index is 15.9. The fourth-order valence-electron chi connectivity index (χ4n) is 5.64. The number of carbonyl (C=O) groups excluding carboxylic acids is 2. The van der Waals surface area contributed by atoms with Gasteiger partial charge in [0.2, 0.25) is 5.91 Å². The van der Waals surface area contributed by atoms with E-state index in [-0.39, 0.29) is 33.7 Å². The van der Waals surface area contributed by atoms with Crippen LogP contribution in [0.1, 0.15) is 34.9 Å². The second-order valence-corrected chi connectivity index (χ2v) is 12.8. The second-order valence-electron chi connectivity index (χ2n) is 11.3. The van der Waals surface area contributed by atoms with Crippen molar-refractivity contribution >= 4 is 52.1 Å². The van der Waals surface area contributed by atoms with Crippen LogP contribution in [0.4, 0.5) is 26.4 Å². The van der Waals surface area contributed by atoms with E-state index in [1.807, 2.05) is 30.1 Å². The molecular weight excluding hydrogens is 619 g/mol. The Bertz CT molecular complexity index is 1820. The standard InChI is InChI=1S/C32H32ClFN6O4S/c1-38-14-15-39(2)30(41)28(38)18-8-10-20(11-9-18)35-29-31(42)40(3)17-23(36-29)21-12-13-22(33)27(26(21)34)37-32(43)44-25-16-19-6-4-5-7-24(19)45-25/h8-13,16-17,28H,4-7,14-15H2,1-3H3,(H,35,36)(H,37,43). The second kappa shape index (κ2) is 12.6. The lowest BCUT2D eigenvalue weighted by molar-refractivity contribution is -0.139. The van der Waals surface area contributed by atoms with Crippen molar-refractivity contribution in [2.24, 2.45) is 7.05 Å². The maximum Gasteiger partial charge on any atom is 0.418 e. The van der Waals surface area contributed by atoms with Crippen molar-refractivity contribution in [2.45, 2.75) is 31.7 Å². The minimum atomic E-state index is -0.862. The van der Waals surface area contributed by atoms with Crippen LogP contribution in [-0.4, -0.2) is 58.5 Å². The first-order chi connectivity index (χ1) is 21.6. The number of halogens is 2. The zero-order valence-corrected chi connectivity index (χ0v) is 26.6. The number of thiophene rings is 1. The van der Waals surface area contributed by atoms with E-state index in [0.29, 0.717) is 17.3 Å². The third-order valence-corrected chi connectivity index (χ3v) is 9.59. The molecule has 0 spiro atoms. The van der Waals surface area contributed by atoms with Crippen molar-refractivity contribution in [3.05, 3.63) is 85.9 Å². The van der Waals surface area contributed by atoms with Crippen LogP contribution in [-0.2, 0) is 24.7 Å². The lowest BCUT2D eigenvalue weighted by Crippen LogP contribution is -2.48. The Balaban J connectivity index is 1.22. The maximum atomic E-state index is 15.9. The van der Waals surface area contributed by atoms with Gasteiger partial charge in [0, 0.05) is 49.5 Å². The topological polar surface area (TPSA) is 109 Å². The molecule has 2 aromatic carbocycles. The number of nitrogens with zero attached hydrogens (tertiary/aromatic N) is 4. The van der Waals surface area contributed by atoms with E-state index in [2.05, 4.69) is 15.6 Å². The molecule has 10 nitrogen and oxygen atoms in total. The number of piperazine rings is 1. The summed E-state index contributed by atoms with van der Waals surface area (Å²) in [5.41, 5.74) is 2.06. The molecule has 1 unspecified atom stereocenters. The molecule has 3 heterocycles. The fraction of sp³-hybridized carbons (Fsp3) is 0.312. The number of likely N-dealkylation sites (N-methyl/N-ethyl adjacent to an activating group) is 2. The zero-order chi connectivity index (χ0) is 31.8. The molecule has 234 valence electrons. The summed E-state index contributed by atoms with van der Waals surface area (Å²) in [6.07, 6.45) is 4.66. The third-order valence-electron chi connectivity index (χ3n) is 8.16. The fourth-order valence-corrected chi connectivity index (χ4v) is 6.93. The predicted octanol–water partition coefficient (Wildman–Crippen LogP) is 5.98. The lowest BCUT2D eigenvalue weighted by atomic mass is 10.00. The van der Waals surface area contributed by atoms with Crippen molar-refractivity contribution in [1.82, 2.24) is 19.4 Å². The van der Waals surface area contributed by atoms with E-state index in [9.17, 15) is 14.4 Å². The number of hydrogen-bond donors (Lipinski definition) is 2. The number of rotatable bonds is 6. The summed E-state index contributed by atoms with van der Waals surface area (Å²) in [6, 6.07) is 11.5. The van der Waals surface area contributed by atoms with Gasteiger partial charge in [-0.15, -0.1) is 11.3 Å². The van der Waals surface area contributed by atoms with Crippen LogP contribution in [0.2, 0.25) is 5.02 Å². The lowest BCUT2D eigenvalue weighted by Gasteiger charge is -2.37. The number of hydrogen-bond acceptors (Lipinski definition) is 8. The normalized spacial score (nSPS) is 16.8. The first kappa shape index (κ1) is 30.8. The van der Waals surface area contributed by atoms with Gasteiger partial charge in [0.25, 0.3) is 5.56 Å². The van der Waals surface area contributed by atoms with Crippen molar-refractivity contribution in [1.29, 1.82) is 0 Å². The summed E-state index contributed by atoms with van der Waals surface area (Å²) in [5.74, 6) is -0.832. The molecule has 13 heteroatoms. The van der Waals surface area contributed by atoms with Crippen LogP contribution in [0.5, 0.6) is 5.06 Å². The monoisotopic (exact) mass is 650 g/mol. The van der Waals surface area contributed by atoms with Gasteiger partial charge in [0.1, 0.15) is 6.04 Å². The minimum absolute atomic E-state index is 0.0183. The van der Waals surface area contributed by atoms with Gasteiger partial charge in [0.05, 0.1) is 16.4 Å². The Kier molecular flexibility index (Phi) is 8.63. The van der Waals surface area contributed by atoms with E-state index in [1.165, 1.54) is 51.7 Å². The van der Waals surface area contributed by atoms with Crippen LogP contribution in [0.3, 0.4) is 0 Å². The highest BCUT2D eigenvalue weighted by Gasteiger charge is 2.32. The third kappa shape index (κ3) is 6.31. The van der Waals surface area contributed by atoms with E-state index in [1.54, 1.807) is 24.1 Å². The number of aryl methyl sites for hydroxylation is 3. The first-order valence-electron chi connectivity index (χ1n) is 14.6. The van der Waals surface area contributed by atoms with E-state index in [4.69, 9.17) is 16.3 Å². The largest absolute Gasteiger partial charge is 0.418 e. The molecule has 0 saturated carbocycles. The van der Waals surface area contributed by atoms with Crippen LogP contribution in [0.25, 0.3) is 11.3 Å². The summed E-state index contributed by atoms with van der Waals surface area (Å²) in [4.78, 5) is 47.8. The first-order valence-corrected chi connectivity index (χ1v) is 15.8. The Morgan fingerprint density at radius 2 is 1.82 bits per heavy atom. The SMILES string of the molecule is CN1CCN(C)C(c2ccc(Nc3nc(-c4ccc(Cl)c(NC(=O)Oc5cc6c(s5)CCCC6)c4F)cn(C)c3=O)cc2)C1=O. The van der Waals surface area contributed by atoms with Crippen molar-refractivity contribution in [3.63, 3.8) is 0 Å². The summed E-state index contributed by atoms with van der Waals surface area (Å²) in [6.45, 7) is 1.43. The quantitative estimate of drug-likeness (QED) is 0.264. The van der Waals surface area contributed by atoms with Gasteiger partial charge in [-0.05, 0) is 74.2 Å². The molecule has 2 aromatic heterocycles. The molecule has 2 amide bonds. The summed E-state index contributed by atoms with van der Waals surface area (Å²) < 4.78 is 22.6. The number of benzene rings is 2. The number of amides is 2. The molecule has 1 fully saturated rings. The van der Waals surface area contributed by atoms with E-state index in [0.717, 1.165) is 37.8 Å². The number of ether oxygens (including phenoxy) is 1. The molecule has 1 atom stereocenters. The Morgan fingerprint density at radius 3 is 2.58 bits per heavy atom. The molecule has 1 aliphatic carbocycles. The zero-order valence-electron chi connectivity index (χ0n) is 25.0. The molecule has 6 rings (SSSR count). The van der Waals surface area contributed by atoms with Gasteiger partial charge >= 0.3 is 6.09 Å². The van der Waals surface area contributed by atoms with Gasteiger partial charge < -0.3 is 19.5 Å². The summed E-state index contributed by atoms with van der Waals surface area (Å²) in [5, 5.41) is 5.88. The van der Waals surface area contributed by atoms with E-state index < -0.39 is 23.5 Å². The van der Waals surface area contributed by atoms with Crippen LogP contribution in [0, 0.1) is 5.82 Å². The minimum Gasteiger partial charge on any atom is -0.399 e. The van der Waals surface area contributed by atoms with E-state index >= 15 is 4.39 Å². The smallest absolute Gasteiger partial charge is 0.399 e. The van der Waals surface area contributed by atoms with Crippen molar-refractivity contribution < 1.29 is 18.7 Å². The average Bonchev–Trinajstić information content (AvgIpc) is 3.42. The molecule has 45 heavy (non-hydrogen) atoms. The predicted molar refractivity (Wildman–Crippen MR) is 173 cm³/mol. The highest BCUT2D eigenvalue weighted by atomic mass is 35.5. The van der Waals surface area contributed by atoms with Gasteiger partial charge in [-0.3, -0.25) is 19.8 Å². The molecule has 2 N–H and O–H groups in total. The van der Waals surface area contributed by atoms with Crippen LogP contribution >= 0.6 is 22.9 Å². The number of carbonyl (C=O) groups is 2. The Hall–Kier alpha value is -4.26. The number of aromatic nitrogens is 2. The van der Waals surface area contributed by atoms with Crippen molar-refractivity contribution in [2.75, 3.05) is 37.8 Å². The van der Waals surface area contributed by atoms with Crippen LogP contribution in [0.15, 0.2) is 53.5 Å². The van der Waals surface area contributed by atoms with Crippen molar-refractivity contribution in [3.8, 4) is 16.3 Å². The van der Waals surface area contributed by atoms with Gasteiger partial charge in [-0.2, -0.15) is 0 Å². The van der Waals surface area contributed by atoms with Gasteiger partial charge in [-0.1, -0.05) is 23.7 Å². The highest BCUT2D eigenvalue weighted by molar-refractivity contribution is 7.14. The van der Waals surface area contributed by atoms with Crippen LogP contribution < -0.4 is 20.9 Å². The molecule has 0 radical (unpaired) electrons. The van der Waals surface area contributed by atoms with Gasteiger partial charge in [0.15, 0.2) is 16.7 Å². The molecule has 2 aliphatic rings.